The van der Waals surface area contributed by atoms with Crippen LogP contribution in [0.1, 0.15) is 32.1 Å². The minimum atomic E-state index is 0.788. The molecule has 0 amide bonds. The lowest BCUT2D eigenvalue weighted by molar-refractivity contribution is 0.0185. The first-order chi connectivity index (χ1) is 10.4. The first-order valence-corrected chi connectivity index (χ1v) is 9.18. The van der Waals surface area contributed by atoms with Crippen LogP contribution in [0.15, 0.2) is 0 Å². The molecule has 21 heavy (non-hydrogen) atoms. The zero-order valence-electron chi connectivity index (χ0n) is 13.3. The van der Waals surface area contributed by atoms with E-state index in [-0.39, 0.29) is 0 Å². The number of morpholine rings is 1. The normalized spacial score (nSPS) is 32.1. The van der Waals surface area contributed by atoms with Gasteiger partial charge in [-0.2, -0.15) is 0 Å². The standard InChI is InChI=1S/C17H31N3O/c1-2-14(1)17(15-3-4-15)18-6-8-19-7-5-16(13-19)20-9-11-21-12-10-20/h14-18H,1-13H2. The predicted molar refractivity (Wildman–Crippen MR) is 84.5 cm³/mol. The van der Waals surface area contributed by atoms with Crippen molar-refractivity contribution < 1.29 is 4.74 Å². The maximum atomic E-state index is 5.47. The molecule has 2 saturated carbocycles. The summed E-state index contributed by atoms with van der Waals surface area (Å²) in [6.07, 6.45) is 7.29. The Morgan fingerprint density at radius 1 is 0.952 bits per heavy atom. The summed E-state index contributed by atoms with van der Waals surface area (Å²) in [6.45, 7) is 9.17. The van der Waals surface area contributed by atoms with Crippen molar-refractivity contribution in [2.24, 2.45) is 11.8 Å². The van der Waals surface area contributed by atoms with Crippen LogP contribution < -0.4 is 5.32 Å². The Labute approximate surface area is 129 Å². The molecule has 0 aromatic carbocycles. The molecule has 2 aliphatic carbocycles. The molecule has 1 unspecified atom stereocenters. The molecule has 4 heteroatoms. The van der Waals surface area contributed by atoms with Gasteiger partial charge in [-0.3, -0.25) is 4.90 Å². The summed E-state index contributed by atoms with van der Waals surface area (Å²) in [4.78, 5) is 5.32. The number of hydrogen-bond donors (Lipinski definition) is 1. The van der Waals surface area contributed by atoms with Gasteiger partial charge in [-0.05, 0) is 50.5 Å². The van der Waals surface area contributed by atoms with E-state index in [4.69, 9.17) is 4.74 Å². The molecule has 2 aliphatic heterocycles. The minimum absolute atomic E-state index is 0.788. The van der Waals surface area contributed by atoms with Gasteiger partial charge in [-0.25, -0.2) is 0 Å². The fraction of sp³-hybridized carbons (Fsp3) is 1.00. The lowest BCUT2D eigenvalue weighted by atomic mass is 10.1. The number of ether oxygens (including phenoxy) is 1. The van der Waals surface area contributed by atoms with E-state index in [1.165, 1.54) is 58.3 Å². The number of nitrogens with zero attached hydrogens (tertiary/aromatic N) is 2. The van der Waals surface area contributed by atoms with Crippen LogP contribution in [0.25, 0.3) is 0 Å². The van der Waals surface area contributed by atoms with E-state index >= 15 is 0 Å². The summed E-state index contributed by atoms with van der Waals surface area (Å²) in [5, 5.41) is 3.89. The average Bonchev–Trinajstić information content (AvgIpc) is 3.45. The van der Waals surface area contributed by atoms with Gasteiger partial charge in [0, 0.05) is 44.8 Å². The first kappa shape index (κ1) is 14.4. The fourth-order valence-electron chi connectivity index (χ4n) is 4.27. The third kappa shape index (κ3) is 3.79. The Bertz CT molecular complexity index is 325. The molecule has 4 fully saturated rings. The smallest absolute Gasteiger partial charge is 0.0594 e. The SMILES string of the molecule is C(CN1CCC(N2CCOCC2)C1)NC(C1CC1)C1CC1. The van der Waals surface area contributed by atoms with E-state index < -0.39 is 0 Å². The lowest BCUT2D eigenvalue weighted by Crippen LogP contribution is -2.45. The third-order valence-electron chi connectivity index (χ3n) is 5.88. The van der Waals surface area contributed by atoms with Crippen molar-refractivity contribution in [2.75, 3.05) is 52.5 Å². The third-order valence-corrected chi connectivity index (χ3v) is 5.88. The zero-order valence-corrected chi connectivity index (χ0v) is 13.3. The molecular weight excluding hydrogens is 262 g/mol. The molecule has 4 nitrogen and oxygen atoms in total. The van der Waals surface area contributed by atoms with Crippen LogP contribution in [0.2, 0.25) is 0 Å². The van der Waals surface area contributed by atoms with Crippen molar-refractivity contribution >= 4 is 0 Å². The van der Waals surface area contributed by atoms with Crippen LogP contribution in [-0.4, -0.2) is 74.4 Å². The minimum Gasteiger partial charge on any atom is -0.379 e. The Morgan fingerprint density at radius 3 is 2.33 bits per heavy atom. The second kappa shape index (κ2) is 6.53. The van der Waals surface area contributed by atoms with Crippen LogP contribution in [0, 0.1) is 11.8 Å². The van der Waals surface area contributed by atoms with E-state index in [0.717, 1.165) is 50.2 Å². The summed E-state index contributed by atoms with van der Waals surface area (Å²) in [7, 11) is 0. The van der Waals surface area contributed by atoms with Crippen LogP contribution in [-0.2, 0) is 4.74 Å². The Balaban J connectivity index is 1.16. The van der Waals surface area contributed by atoms with Crippen LogP contribution in [0.5, 0.6) is 0 Å². The Kier molecular flexibility index (Phi) is 4.49. The maximum Gasteiger partial charge on any atom is 0.0594 e. The summed E-state index contributed by atoms with van der Waals surface area (Å²) in [6, 6.07) is 1.65. The molecule has 4 rings (SSSR count). The Hall–Kier alpha value is -0.160. The van der Waals surface area contributed by atoms with E-state index in [1.54, 1.807) is 0 Å². The molecule has 0 radical (unpaired) electrons. The highest BCUT2D eigenvalue weighted by Gasteiger charge is 2.41. The van der Waals surface area contributed by atoms with Gasteiger partial charge in [0.1, 0.15) is 0 Å². The number of hydrogen-bond acceptors (Lipinski definition) is 4. The maximum absolute atomic E-state index is 5.47. The number of rotatable bonds is 7. The van der Waals surface area contributed by atoms with Crippen molar-refractivity contribution in [3.63, 3.8) is 0 Å². The zero-order chi connectivity index (χ0) is 14.1. The molecule has 0 spiro atoms. The van der Waals surface area contributed by atoms with Crippen LogP contribution in [0.3, 0.4) is 0 Å². The second-order valence-corrected chi connectivity index (χ2v) is 7.55. The highest BCUT2D eigenvalue weighted by molar-refractivity contribution is 4.96. The van der Waals surface area contributed by atoms with Crippen molar-refractivity contribution in [3.05, 3.63) is 0 Å². The molecule has 0 aromatic rings. The largest absolute Gasteiger partial charge is 0.379 e. The van der Waals surface area contributed by atoms with E-state index in [1.807, 2.05) is 0 Å². The van der Waals surface area contributed by atoms with Crippen LogP contribution >= 0.6 is 0 Å². The molecule has 1 N–H and O–H groups in total. The average molecular weight is 293 g/mol. The highest BCUT2D eigenvalue weighted by atomic mass is 16.5. The predicted octanol–water partition coefficient (Wildman–Crippen LogP) is 1.17. The van der Waals surface area contributed by atoms with Crippen LogP contribution in [0.4, 0.5) is 0 Å². The fourth-order valence-corrected chi connectivity index (χ4v) is 4.27. The number of likely N-dealkylation sites (tertiary alicyclic amines) is 1. The second-order valence-electron chi connectivity index (χ2n) is 7.55. The van der Waals surface area contributed by atoms with Gasteiger partial charge in [-0.1, -0.05) is 0 Å². The van der Waals surface area contributed by atoms with E-state index in [0.29, 0.717) is 0 Å². The van der Waals surface area contributed by atoms with Gasteiger partial charge < -0.3 is 15.0 Å². The molecule has 120 valence electrons. The van der Waals surface area contributed by atoms with E-state index in [9.17, 15) is 0 Å². The summed E-state index contributed by atoms with van der Waals surface area (Å²) in [5.41, 5.74) is 0. The summed E-state index contributed by atoms with van der Waals surface area (Å²) < 4.78 is 5.47. The molecule has 2 saturated heterocycles. The van der Waals surface area contributed by atoms with E-state index in [2.05, 4.69) is 15.1 Å². The molecular formula is C17H31N3O. The number of nitrogens with one attached hydrogen (secondary N) is 1. The van der Waals surface area contributed by atoms with Gasteiger partial charge in [0.05, 0.1) is 13.2 Å². The molecule has 0 aromatic heterocycles. The van der Waals surface area contributed by atoms with Gasteiger partial charge >= 0.3 is 0 Å². The van der Waals surface area contributed by atoms with Crippen molar-refractivity contribution in [3.8, 4) is 0 Å². The van der Waals surface area contributed by atoms with Crippen molar-refractivity contribution in [1.29, 1.82) is 0 Å². The lowest BCUT2D eigenvalue weighted by Gasteiger charge is -2.32. The van der Waals surface area contributed by atoms with Gasteiger partial charge in [0.25, 0.3) is 0 Å². The highest BCUT2D eigenvalue weighted by Crippen LogP contribution is 2.44. The molecule has 0 bridgehead atoms. The first-order valence-electron chi connectivity index (χ1n) is 9.18. The molecule has 4 aliphatic rings. The van der Waals surface area contributed by atoms with Gasteiger partial charge in [0.15, 0.2) is 0 Å². The topological polar surface area (TPSA) is 27.7 Å². The van der Waals surface area contributed by atoms with Gasteiger partial charge in [-0.15, -0.1) is 0 Å². The Morgan fingerprint density at radius 2 is 1.67 bits per heavy atom. The van der Waals surface area contributed by atoms with Gasteiger partial charge in [0.2, 0.25) is 0 Å². The summed E-state index contributed by atoms with van der Waals surface area (Å²) in [5.74, 6) is 2.05. The molecule has 2 heterocycles. The monoisotopic (exact) mass is 293 g/mol. The quantitative estimate of drug-likeness (QED) is 0.763. The van der Waals surface area contributed by atoms with Crippen molar-refractivity contribution in [2.45, 2.75) is 44.2 Å². The summed E-state index contributed by atoms with van der Waals surface area (Å²) >= 11 is 0. The van der Waals surface area contributed by atoms with Crippen molar-refractivity contribution in [1.82, 2.24) is 15.1 Å². The molecule has 1 atom stereocenters.